The van der Waals surface area contributed by atoms with Crippen LogP contribution in [0.25, 0.3) is 27.6 Å². The zero-order valence-corrected chi connectivity index (χ0v) is 26.0. The van der Waals surface area contributed by atoms with Gasteiger partial charge in [-0.2, -0.15) is 8.78 Å². The fraction of sp³-hybridized carbons (Fsp3) is 0.146. The standard InChI is InChI=1S/C41H34F2N4/c1-40(2,28-12-5-4-6-13-28)29-22-23-44-39(26-29)47-35-17-8-7-16-33(35)34-21-20-31(25-38(34)47)41(42,43)30-14-11-15-32(24-30)46-27-45(3)36-18-9-10-19-37(36)46/h4-26H,27H2,1-3H3/i3D3. The van der Waals surface area contributed by atoms with Gasteiger partial charge in [-0.05, 0) is 59.7 Å². The Morgan fingerprint density at radius 3 is 2.17 bits per heavy atom. The molecule has 0 radical (unpaired) electrons. The van der Waals surface area contributed by atoms with E-state index in [0.29, 0.717) is 28.4 Å². The second-order valence-electron chi connectivity index (χ2n) is 12.6. The summed E-state index contributed by atoms with van der Waals surface area (Å²) in [6.45, 7) is 1.97. The average molecular weight is 624 g/mol. The molecule has 2 aromatic heterocycles. The van der Waals surface area contributed by atoms with Crippen molar-refractivity contribution in [2.45, 2.75) is 25.2 Å². The largest absolute Gasteiger partial charge is 0.355 e. The Morgan fingerprint density at radius 1 is 0.638 bits per heavy atom. The number of benzene rings is 5. The van der Waals surface area contributed by atoms with Gasteiger partial charge in [-0.25, -0.2) is 4.98 Å². The highest BCUT2D eigenvalue weighted by atomic mass is 19.3. The molecule has 1 aliphatic rings. The van der Waals surface area contributed by atoms with E-state index in [1.54, 1.807) is 47.5 Å². The summed E-state index contributed by atoms with van der Waals surface area (Å²) in [5.74, 6) is -2.72. The summed E-state index contributed by atoms with van der Waals surface area (Å²) in [5.41, 5.74) is 4.72. The number of nitrogens with zero attached hydrogens (tertiary/aromatic N) is 4. The van der Waals surface area contributed by atoms with Crippen molar-refractivity contribution in [3.8, 4) is 5.82 Å². The van der Waals surface area contributed by atoms with E-state index in [-0.39, 0.29) is 23.2 Å². The quantitative estimate of drug-likeness (QED) is 0.184. The van der Waals surface area contributed by atoms with E-state index >= 15 is 8.78 Å². The van der Waals surface area contributed by atoms with Crippen LogP contribution in [0, 0.1) is 0 Å². The minimum Gasteiger partial charge on any atom is -0.355 e. The number of anilines is 3. The number of pyridine rings is 1. The molecular formula is C41H34F2N4. The van der Waals surface area contributed by atoms with E-state index in [2.05, 4.69) is 26.0 Å². The van der Waals surface area contributed by atoms with Crippen molar-refractivity contribution in [2.75, 3.05) is 23.4 Å². The Bertz CT molecular complexity index is 2380. The topological polar surface area (TPSA) is 24.3 Å². The van der Waals surface area contributed by atoms with Crippen molar-refractivity contribution in [1.29, 1.82) is 0 Å². The lowest BCUT2D eigenvalue weighted by Gasteiger charge is -2.26. The third-order valence-electron chi connectivity index (χ3n) is 9.49. The molecule has 0 fully saturated rings. The molecule has 1 aliphatic heterocycles. The van der Waals surface area contributed by atoms with E-state index in [1.165, 1.54) is 23.1 Å². The van der Waals surface area contributed by atoms with Gasteiger partial charge in [-0.1, -0.05) is 98.8 Å². The third-order valence-corrected chi connectivity index (χ3v) is 9.49. The van der Waals surface area contributed by atoms with Gasteiger partial charge in [0.25, 0.3) is 5.92 Å². The van der Waals surface area contributed by atoms with Crippen LogP contribution >= 0.6 is 0 Å². The first-order chi connectivity index (χ1) is 23.9. The number of hydrogen-bond acceptors (Lipinski definition) is 3. The van der Waals surface area contributed by atoms with Crippen LogP contribution in [-0.4, -0.2) is 23.2 Å². The minimum absolute atomic E-state index is 0.0179. The maximum atomic E-state index is 16.7. The number of fused-ring (bicyclic) bond motifs is 4. The van der Waals surface area contributed by atoms with Crippen molar-refractivity contribution in [3.63, 3.8) is 0 Å². The highest BCUT2D eigenvalue weighted by Gasteiger charge is 2.36. The SMILES string of the molecule is [2H]C([2H])([2H])N1CN(c2cccc(C(F)(F)c3ccc4c5ccccc5n(-c5cc(C(C)(C)c6ccccc6)ccn5)c4c3)c2)c2ccccc21. The summed E-state index contributed by atoms with van der Waals surface area (Å²) in [7, 11) is 0. The van der Waals surface area contributed by atoms with E-state index in [4.69, 9.17) is 9.10 Å². The Morgan fingerprint density at radius 2 is 1.34 bits per heavy atom. The molecule has 0 atom stereocenters. The summed E-state index contributed by atoms with van der Waals surface area (Å²) >= 11 is 0. The highest BCUT2D eigenvalue weighted by molar-refractivity contribution is 6.09. The number of halogens is 2. The molecule has 5 aromatic carbocycles. The second-order valence-corrected chi connectivity index (χ2v) is 12.6. The van der Waals surface area contributed by atoms with Gasteiger partial charge in [0.05, 0.1) is 29.1 Å². The first-order valence-corrected chi connectivity index (χ1v) is 15.6. The van der Waals surface area contributed by atoms with E-state index < -0.39 is 12.9 Å². The maximum Gasteiger partial charge on any atom is 0.298 e. The number of alkyl halides is 2. The first-order valence-electron chi connectivity index (χ1n) is 17.1. The lowest BCUT2D eigenvalue weighted by atomic mass is 9.78. The van der Waals surface area contributed by atoms with Crippen molar-refractivity contribution >= 4 is 38.9 Å². The predicted molar refractivity (Wildman–Crippen MR) is 188 cm³/mol. The van der Waals surface area contributed by atoms with Crippen molar-refractivity contribution in [1.82, 2.24) is 9.55 Å². The molecule has 4 nitrogen and oxygen atoms in total. The summed E-state index contributed by atoms with van der Waals surface area (Å²) in [6.07, 6.45) is 1.78. The van der Waals surface area contributed by atoms with Crippen LogP contribution < -0.4 is 9.80 Å². The van der Waals surface area contributed by atoms with Crippen LogP contribution in [0.15, 0.2) is 140 Å². The molecule has 0 saturated heterocycles. The van der Waals surface area contributed by atoms with Crippen LogP contribution in [0.5, 0.6) is 0 Å². The fourth-order valence-corrected chi connectivity index (χ4v) is 6.83. The third kappa shape index (κ3) is 4.66. The van der Waals surface area contributed by atoms with Crippen LogP contribution in [0.1, 0.15) is 40.2 Å². The van der Waals surface area contributed by atoms with Gasteiger partial charge in [0.2, 0.25) is 0 Å². The first kappa shape index (κ1) is 25.7. The molecule has 6 heteroatoms. The molecule has 0 N–H and O–H groups in total. The lowest BCUT2D eigenvalue weighted by Crippen LogP contribution is -2.24. The van der Waals surface area contributed by atoms with Gasteiger partial charge in [0.15, 0.2) is 0 Å². The number of hydrogen-bond donors (Lipinski definition) is 0. The molecule has 3 heterocycles. The Balaban J connectivity index is 1.23. The molecule has 0 amide bonds. The Labute approximate surface area is 277 Å². The van der Waals surface area contributed by atoms with Gasteiger partial charge in [0, 0.05) is 50.3 Å². The van der Waals surface area contributed by atoms with E-state index in [0.717, 1.165) is 27.4 Å². The summed E-state index contributed by atoms with van der Waals surface area (Å²) < 4.78 is 59.5. The second kappa shape index (κ2) is 10.8. The van der Waals surface area contributed by atoms with Gasteiger partial charge >= 0.3 is 0 Å². The molecule has 7 aromatic rings. The molecule has 0 aliphatic carbocycles. The Kier molecular flexibility index (Phi) is 5.90. The van der Waals surface area contributed by atoms with Crippen molar-refractivity contribution in [3.05, 3.63) is 162 Å². The minimum atomic E-state index is -3.36. The zero-order chi connectivity index (χ0) is 34.8. The molecule has 0 spiro atoms. The molecule has 8 rings (SSSR count). The van der Waals surface area contributed by atoms with E-state index in [9.17, 15) is 0 Å². The number of para-hydroxylation sites is 3. The number of rotatable bonds is 6. The van der Waals surface area contributed by atoms with Crippen molar-refractivity contribution < 1.29 is 12.9 Å². The maximum absolute atomic E-state index is 16.7. The fourth-order valence-electron chi connectivity index (χ4n) is 6.83. The van der Waals surface area contributed by atoms with Gasteiger partial charge in [0.1, 0.15) is 5.82 Å². The van der Waals surface area contributed by atoms with Gasteiger partial charge < -0.3 is 9.80 Å². The van der Waals surface area contributed by atoms with Crippen molar-refractivity contribution in [2.24, 2.45) is 0 Å². The molecule has 0 saturated carbocycles. The normalized spacial score (nSPS) is 14.7. The average Bonchev–Trinajstić information content (AvgIpc) is 3.69. The summed E-state index contributed by atoms with van der Waals surface area (Å²) in [6, 6.07) is 40.4. The molecular weight excluding hydrogens is 586 g/mol. The van der Waals surface area contributed by atoms with Gasteiger partial charge in [-0.15, -0.1) is 0 Å². The van der Waals surface area contributed by atoms with Crippen LogP contribution in [-0.2, 0) is 11.3 Å². The van der Waals surface area contributed by atoms with Crippen LogP contribution in [0.2, 0.25) is 0 Å². The lowest BCUT2D eigenvalue weighted by molar-refractivity contribution is 0.0430. The Hall–Kier alpha value is -5.49. The van der Waals surface area contributed by atoms with Gasteiger partial charge in [-0.3, -0.25) is 4.57 Å². The molecule has 0 bridgehead atoms. The van der Waals surface area contributed by atoms with E-state index in [1.807, 2.05) is 71.3 Å². The molecule has 0 unspecified atom stereocenters. The molecule has 47 heavy (non-hydrogen) atoms. The summed E-state index contributed by atoms with van der Waals surface area (Å²) in [4.78, 5) is 7.83. The van der Waals surface area contributed by atoms with Crippen LogP contribution in [0.4, 0.5) is 25.8 Å². The molecule has 232 valence electrons. The number of aromatic nitrogens is 2. The summed E-state index contributed by atoms with van der Waals surface area (Å²) in [5, 5.41) is 1.79. The van der Waals surface area contributed by atoms with Crippen LogP contribution in [0.3, 0.4) is 0 Å². The highest BCUT2D eigenvalue weighted by Crippen LogP contribution is 2.44. The zero-order valence-electron chi connectivity index (χ0n) is 29.0. The predicted octanol–water partition coefficient (Wildman–Crippen LogP) is 10.2. The monoisotopic (exact) mass is 623 g/mol. The smallest absolute Gasteiger partial charge is 0.298 e.